The average Bonchev–Trinajstić information content (AvgIpc) is 2.72. The van der Waals surface area contributed by atoms with Crippen LogP contribution in [-0.2, 0) is 11.3 Å². The van der Waals surface area contributed by atoms with Gasteiger partial charge in [0.05, 0.1) is 0 Å². The maximum atomic E-state index is 10.9. The lowest BCUT2D eigenvalue weighted by molar-refractivity contribution is -0.121. The number of carbonyl (C=O) groups excluding carboxylic acids is 1. The Morgan fingerprint density at radius 1 is 1.56 bits per heavy atom. The van der Waals surface area contributed by atoms with Gasteiger partial charge in [-0.15, -0.1) is 0 Å². The molecule has 1 aromatic rings. The van der Waals surface area contributed by atoms with Gasteiger partial charge in [0.2, 0.25) is 5.91 Å². The van der Waals surface area contributed by atoms with E-state index in [1.165, 1.54) is 0 Å². The van der Waals surface area contributed by atoms with Crippen LogP contribution in [0, 0.1) is 0 Å². The Bertz CT molecular complexity index is 332. The first-order valence-electron chi connectivity index (χ1n) is 5.65. The molecule has 90 valence electrons. The Kier molecular flexibility index (Phi) is 4.98. The number of unbranched alkanes of at least 4 members (excludes halogenated alkanes) is 1. The highest BCUT2D eigenvalue weighted by molar-refractivity contribution is 5.74. The average molecular weight is 224 g/mol. The summed E-state index contributed by atoms with van der Waals surface area (Å²) in [4.78, 5) is 15.2. The first-order valence-corrected chi connectivity index (χ1v) is 5.65. The monoisotopic (exact) mass is 224 g/mol. The smallest absolute Gasteiger partial charge is 0.233 e. The summed E-state index contributed by atoms with van der Waals surface area (Å²) in [6.45, 7) is 5.16. The van der Waals surface area contributed by atoms with Crippen molar-refractivity contribution >= 4 is 5.91 Å². The maximum Gasteiger partial charge on any atom is 0.233 e. The predicted octanol–water partition coefficient (Wildman–Crippen LogP) is 1.17. The number of imidazole rings is 1. The van der Waals surface area contributed by atoms with Gasteiger partial charge in [-0.2, -0.15) is 0 Å². The van der Waals surface area contributed by atoms with Crippen LogP contribution in [0.25, 0.3) is 0 Å². The second-order valence-corrected chi connectivity index (χ2v) is 4.16. The minimum absolute atomic E-state index is 0.102. The normalized spacial score (nSPS) is 10.8. The third-order valence-electron chi connectivity index (χ3n) is 2.48. The van der Waals surface area contributed by atoms with Crippen LogP contribution < -0.4 is 11.3 Å². The number of nitrogens with one attached hydrogen (secondary N) is 1. The van der Waals surface area contributed by atoms with Crippen molar-refractivity contribution in [3.63, 3.8) is 0 Å². The fourth-order valence-electron chi connectivity index (χ4n) is 1.65. The number of nitrogens with zero attached hydrogens (tertiary/aromatic N) is 2. The predicted molar refractivity (Wildman–Crippen MR) is 62.5 cm³/mol. The molecular weight excluding hydrogens is 204 g/mol. The molecule has 16 heavy (non-hydrogen) atoms. The summed E-state index contributed by atoms with van der Waals surface area (Å²) >= 11 is 0. The minimum Gasteiger partial charge on any atom is -0.335 e. The van der Waals surface area contributed by atoms with Crippen molar-refractivity contribution in [3.8, 4) is 0 Å². The number of aryl methyl sites for hydroxylation is 1. The molecule has 0 aliphatic carbocycles. The number of amides is 1. The van der Waals surface area contributed by atoms with Crippen LogP contribution in [0.4, 0.5) is 0 Å². The van der Waals surface area contributed by atoms with Gasteiger partial charge in [0, 0.05) is 31.3 Å². The zero-order valence-electron chi connectivity index (χ0n) is 9.94. The number of hydrogen-bond donors (Lipinski definition) is 2. The van der Waals surface area contributed by atoms with E-state index in [0.29, 0.717) is 12.3 Å². The van der Waals surface area contributed by atoms with E-state index in [1.807, 2.05) is 12.4 Å². The molecule has 0 aliphatic rings. The minimum atomic E-state index is -0.102. The summed E-state index contributed by atoms with van der Waals surface area (Å²) < 4.78 is 2.14. The molecule has 0 bridgehead atoms. The Labute approximate surface area is 96.0 Å². The molecule has 1 aromatic heterocycles. The molecule has 1 rings (SSSR count). The van der Waals surface area contributed by atoms with Crippen LogP contribution in [0.2, 0.25) is 0 Å². The van der Waals surface area contributed by atoms with Crippen molar-refractivity contribution in [3.05, 3.63) is 18.2 Å². The van der Waals surface area contributed by atoms with Crippen molar-refractivity contribution in [1.82, 2.24) is 15.0 Å². The van der Waals surface area contributed by atoms with Crippen molar-refractivity contribution in [1.29, 1.82) is 0 Å². The van der Waals surface area contributed by atoms with Crippen LogP contribution in [-0.4, -0.2) is 15.5 Å². The van der Waals surface area contributed by atoms with E-state index < -0.39 is 0 Å². The number of rotatable bonds is 6. The van der Waals surface area contributed by atoms with Gasteiger partial charge in [-0.25, -0.2) is 10.8 Å². The SMILES string of the molecule is CC(C)c1nccn1CCCCC(=O)NN. The van der Waals surface area contributed by atoms with E-state index in [-0.39, 0.29) is 5.91 Å². The molecule has 0 unspecified atom stereocenters. The van der Waals surface area contributed by atoms with E-state index >= 15 is 0 Å². The molecule has 0 saturated heterocycles. The lowest BCUT2D eigenvalue weighted by Gasteiger charge is -2.09. The summed E-state index contributed by atoms with van der Waals surface area (Å²) in [6.07, 6.45) is 6.10. The lowest BCUT2D eigenvalue weighted by Crippen LogP contribution is -2.29. The Balaban J connectivity index is 2.32. The van der Waals surface area contributed by atoms with Gasteiger partial charge in [0.1, 0.15) is 5.82 Å². The van der Waals surface area contributed by atoms with Crippen LogP contribution in [0.1, 0.15) is 44.9 Å². The molecule has 3 N–H and O–H groups in total. The van der Waals surface area contributed by atoms with Gasteiger partial charge < -0.3 is 4.57 Å². The van der Waals surface area contributed by atoms with E-state index in [1.54, 1.807) is 0 Å². The lowest BCUT2D eigenvalue weighted by atomic mass is 10.2. The van der Waals surface area contributed by atoms with Crippen molar-refractivity contribution in [2.75, 3.05) is 0 Å². The molecule has 5 nitrogen and oxygen atoms in total. The van der Waals surface area contributed by atoms with Crippen molar-refractivity contribution in [2.24, 2.45) is 5.84 Å². The van der Waals surface area contributed by atoms with E-state index in [0.717, 1.165) is 25.2 Å². The summed E-state index contributed by atoms with van der Waals surface area (Å²) in [5.74, 6) is 6.43. The van der Waals surface area contributed by atoms with E-state index in [4.69, 9.17) is 5.84 Å². The molecule has 0 spiro atoms. The van der Waals surface area contributed by atoms with Gasteiger partial charge in [0.25, 0.3) is 0 Å². The molecule has 0 atom stereocenters. The van der Waals surface area contributed by atoms with Gasteiger partial charge >= 0.3 is 0 Å². The van der Waals surface area contributed by atoms with Crippen LogP contribution in [0.15, 0.2) is 12.4 Å². The first kappa shape index (κ1) is 12.7. The highest BCUT2D eigenvalue weighted by Crippen LogP contribution is 2.12. The van der Waals surface area contributed by atoms with E-state index in [2.05, 4.69) is 28.8 Å². The Morgan fingerprint density at radius 3 is 2.94 bits per heavy atom. The number of hydrogen-bond acceptors (Lipinski definition) is 3. The third-order valence-corrected chi connectivity index (χ3v) is 2.48. The maximum absolute atomic E-state index is 10.9. The quantitative estimate of drug-likeness (QED) is 0.330. The molecule has 1 heterocycles. The van der Waals surface area contributed by atoms with Gasteiger partial charge in [-0.3, -0.25) is 10.2 Å². The molecule has 5 heteroatoms. The second-order valence-electron chi connectivity index (χ2n) is 4.16. The summed E-state index contributed by atoms with van der Waals surface area (Å²) in [5, 5.41) is 0. The molecule has 0 aliphatic heterocycles. The fourth-order valence-corrected chi connectivity index (χ4v) is 1.65. The topological polar surface area (TPSA) is 72.9 Å². The Morgan fingerprint density at radius 2 is 2.31 bits per heavy atom. The third kappa shape index (κ3) is 3.66. The van der Waals surface area contributed by atoms with Gasteiger partial charge in [0.15, 0.2) is 0 Å². The number of aromatic nitrogens is 2. The number of nitrogens with two attached hydrogens (primary N) is 1. The summed E-state index contributed by atoms with van der Waals surface area (Å²) in [5.41, 5.74) is 2.13. The second kappa shape index (κ2) is 6.27. The largest absolute Gasteiger partial charge is 0.335 e. The van der Waals surface area contributed by atoms with Crippen LogP contribution in [0.3, 0.4) is 0 Å². The van der Waals surface area contributed by atoms with Gasteiger partial charge in [-0.1, -0.05) is 13.8 Å². The number of carbonyl (C=O) groups is 1. The standard InChI is InChI=1S/C11H20N4O/c1-9(2)11-13-6-8-15(11)7-4-3-5-10(16)14-12/h6,8-9H,3-5,7,12H2,1-2H3,(H,14,16). The van der Waals surface area contributed by atoms with E-state index in [9.17, 15) is 4.79 Å². The fraction of sp³-hybridized carbons (Fsp3) is 0.636. The molecule has 0 fully saturated rings. The molecule has 0 saturated carbocycles. The van der Waals surface area contributed by atoms with Gasteiger partial charge in [-0.05, 0) is 12.8 Å². The molecule has 1 amide bonds. The summed E-state index contributed by atoms with van der Waals surface area (Å²) in [7, 11) is 0. The zero-order valence-corrected chi connectivity index (χ0v) is 9.94. The highest BCUT2D eigenvalue weighted by atomic mass is 16.2. The number of hydrazine groups is 1. The van der Waals surface area contributed by atoms with Crippen molar-refractivity contribution < 1.29 is 4.79 Å². The van der Waals surface area contributed by atoms with Crippen LogP contribution in [0.5, 0.6) is 0 Å². The summed E-state index contributed by atoms with van der Waals surface area (Å²) in [6, 6.07) is 0. The zero-order chi connectivity index (χ0) is 12.0. The molecule has 0 radical (unpaired) electrons. The van der Waals surface area contributed by atoms with Crippen LogP contribution >= 0.6 is 0 Å². The Hall–Kier alpha value is -1.36. The molecular formula is C11H20N4O. The first-order chi connectivity index (χ1) is 7.65. The molecule has 0 aromatic carbocycles. The van der Waals surface area contributed by atoms with Crippen molar-refractivity contribution in [2.45, 2.75) is 45.6 Å². The highest BCUT2D eigenvalue weighted by Gasteiger charge is 2.06.